The van der Waals surface area contributed by atoms with Crippen LogP contribution in [0.25, 0.3) is 0 Å². The van der Waals surface area contributed by atoms with Crippen LogP contribution in [0.3, 0.4) is 0 Å². The minimum absolute atomic E-state index is 0.186. The number of nitrogens with one attached hydrogen (secondary N) is 2. The number of aromatic nitrogens is 1. The SMILES string of the molecule is Cn1c(C(=O)NCc2cccc3c2CCCN3)cccc1=O. The number of benzene rings is 1. The van der Waals surface area contributed by atoms with Gasteiger partial charge in [-0.3, -0.25) is 9.59 Å². The minimum Gasteiger partial charge on any atom is -0.385 e. The Morgan fingerprint density at radius 1 is 1.27 bits per heavy atom. The van der Waals surface area contributed by atoms with Crippen molar-refractivity contribution in [2.45, 2.75) is 19.4 Å². The van der Waals surface area contributed by atoms with Crippen LogP contribution >= 0.6 is 0 Å². The zero-order valence-corrected chi connectivity index (χ0v) is 12.6. The van der Waals surface area contributed by atoms with Crippen molar-refractivity contribution >= 4 is 11.6 Å². The van der Waals surface area contributed by atoms with E-state index < -0.39 is 0 Å². The second kappa shape index (κ2) is 6.05. The molecule has 1 aromatic heterocycles. The molecule has 5 nitrogen and oxygen atoms in total. The lowest BCUT2D eigenvalue weighted by Crippen LogP contribution is -2.30. The highest BCUT2D eigenvalue weighted by molar-refractivity contribution is 5.92. The number of carbonyl (C=O) groups excluding carboxylic acids is 1. The van der Waals surface area contributed by atoms with Crippen LogP contribution in [-0.2, 0) is 20.0 Å². The Hall–Kier alpha value is -2.56. The van der Waals surface area contributed by atoms with Gasteiger partial charge < -0.3 is 15.2 Å². The molecule has 0 bridgehead atoms. The summed E-state index contributed by atoms with van der Waals surface area (Å²) in [6.45, 7) is 1.46. The third kappa shape index (κ3) is 2.74. The number of amides is 1. The lowest BCUT2D eigenvalue weighted by Gasteiger charge is -2.21. The first kappa shape index (κ1) is 14.4. The summed E-state index contributed by atoms with van der Waals surface area (Å²) in [4.78, 5) is 23.9. The van der Waals surface area contributed by atoms with Gasteiger partial charge in [0.05, 0.1) is 0 Å². The van der Waals surface area contributed by atoms with E-state index in [1.807, 2.05) is 12.1 Å². The Morgan fingerprint density at radius 3 is 2.95 bits per heavy atom. The highest BCUT2D eigenvalue weighted by Crippen LogP contribution is 2.25. The largest absolute Gasteiger partial charge is 0.385 e. The van der Waals surface area contributed by atoms with Crippen molar-refractivity contribution in [3.8, 4) is 0 Å². The molecule has 0 unspecified atom stereocenters. The van der Waals surface area contributed by atoms with Gasteiger partial charge in [-0.25, -0.2) is 0 Å². The Labute approximate surface area is 129 Å². The van der Waals surface area contributed by atoms with Crippen molar-refractivity contribution in [3.63, 3.8) is 0 Å². The number of hydrogen-bond donors (Lipinski definition) is 2. The molecule has 0 radical (unpaired) electrons. The summed E-state index contributed by atoms with van der Waals surface area (Å²) in [5.74, 6) is -0.235. The highest BCUT2D eigenvalue weighted by atomic mass is 16.2. The summed E-state index contributed by atoms with van der Waals surface area (Å²) in [5.41, 5.74) is 3.74. The van der Waals surface area contributed by atoms with Crippen LogP contribution in [-0.4, -0.2) is 17.0 Å². The van der Waals surface area contributed by atoms with E-state index in [1.54, 1.807) is 19.2 Å². The van der Waals surface area contributed by atoms with E-state index in [1.165, 1.54) is 16.2 Å². The Balaban J connectivity index is 1.77. The zero-order valence-electron chi connectivity index (χ0n) is 12.6. The van der Waals surface area contributed by atoms with Crippen LogP contribution in [0.2, 0.25) is 0 Å². The third-order valence-corrected chi connectivity index (χ3v) is 4.05. The lowest BCUT2D eigenvalue weighted by atomic mass is 9.97. The summed E-state index contributed by atoms with van der Waals surface area (Å²) in [6, 6.07) is 10.8. The maximum atomic E-state index is 12.3. The van der Waals surface area contributed by atoms with Gasteiger partial charge >= 0.3 is 0 Å². The molecule has 2 aromatic rings. The molecule has 0 spiro atoms. The molecule has 2 N–H and O–H groups in total. The summed E-state index contributed by atoms with van der Waals surface area (Å²) >= 11 is 0. The van der Waals surface area contributed by atoms with Crippen molar-refractivity contribution in [2.75, 3.05) is 11.9 Å². The summed E-state index contributed by atoms with van der Waals surface area (Å²) in [6.07, 6.45) is 2.13. The first-order chi connectivity index (χ1) is 10.7. The van der Waals surface area contributed by atoms with Gasteiger partial charge in [-0.2, -0.15) is 0 Å². The van der Waals surface area contributed by atoms with Gasteiger partial charge in [0.25, 0.3) is 11.5 Å². The summed E-state index contributed by atoms with van der Waals surface area (Å²) in [5, 5.41) is 6.29. The molecule has 0 aliphatic carbocycles. The van der Waals surface area contributed by atoms with Gasteiger partial charge in [0.15, 0.2) is 0 Å². The maximum absolute atomic E-state index is 12.3. The lowest BCUT2D eigenvalue weighted by molar-refractivity contribution is 0.0941. The number of nitrogens with zero attached hydrogens (tertiary/aromatic N) is 1. The molecule has 0 atom stereocenters. The number of fused-ring (bicyclic) bond motifs is 1. The van der Waals surface area contributed by atoms with Crippen molar-refractivity contribution < 1.29 is 4.79 Å². The molecule has 1 amide bonds. The molecule has 1 aromatic carbocycles. The molecule has 1 aliphatic heterocycles. The fourth-order valence-electron chi connectivity index (χ4n) is 2.81. The van der Waals surface area contributed by atoms with E-state index in [0.717, 1.165) is 30.6 Å². The van der Waals surface area contributed by atoms with E-state index in [2.05, 4.69) is 16.7 Å². The van der Waals surface area contributed by atoms with E-state index in [4.69, 9.17) is 0 Å². The Bertz CT molecular complexity index is 765. The summed E-state index contributed by atoms with van der Waals surface area (Å²) in [7, 11) is 1.60. The van der Waals surface area contributed by atoms with Crippen LogP contribution in [0.15, 0.2) is 41.2 Å². The van der Waals surface area contributed by atoms with E-state index in [0.29, 0.717) is 12.2 Å². The molecule has 0 saturated carbocycles. The van der Waals surface area contributed by atoms with Crippen LogP contribution in [0.5, 0.6) is 0 Å². The Morgan fingerprint density at radius 2 is 2.09 bits per heavy atom. The Kier molecular flexibility index (Phi) is 3.96. The van der Waals surface area contributed by atoms with Crippen molar-refractivity contribution in [3.05, 3.63) is 63.6 Å². The normalized spacial score (nSPS) is 13.1. The smallest absolute Gasteiger partial charge is 0.268 e. The molecule has 0 fully saturated rings. The maximum Gasteiger partial charge on any atom is 0.268 e. The molecular weight excluding hydrogens is 278 g/mol. The van der Waals surface area contributed by atoms with Crippen LogP contribution in [0.1, 0.15) is 28.0 Å². The van der Waals surface area contributed by atoms with Crippen molar-refractivity contribution in [2.24, 2.45) is 7.05 Å². The number of anilines is 1. The second-order valence-electron chi connectivity index (χ2n) is 5.46. The number of carbonyl (C=O) groups is 1. The average molecular weight is 297 g/mol. The molecule has 1 aliphatic rings. The van der Waals surface area contributed by atoms with Crippen molar-refractivity contribution in [1.29, 1.82) is 0 Å². The predicted molar refractivity (Wildman–Crippen MR) is 86.1 cm³/mol. The fraction of sp³-hybridized carbons (Fsp3) is 0.294. The highest BCUT2D eigenvalue weighted by Gasteiger charge is 2.14. The van der Waals surface area contributed by atoms with Crippen LogP contribution in [0.4, 0.5) is 5.69 Å². The quantitative estimate of drug-likeness (QED) is 0.906. The number of hydrogen-bond acceptors (Lipinski definition) is 3. The number of rotatable bonds is 3. The van der Waals surface area contributed by atoms with Crippen molar-refractivity contribution in [1.82, 2.24) is 9.88 Å². The van der Waals surface area contributed by atoms with Gasteiger partial charge in [0, 0.05) is 31.9 Å². The minimum atomic E-state index is -0.235. The average Bonchev–Trinajstić information content (AvgIpc) is 2.55. The van der Waals surface area contributed by atoms with Crippen LogP contribution in [0, 0.1) is 0 Å². The molecule has 3 rings (SSSR count). The zero-order chi connectivity index (χ0) is 15.5. The molecule has 22 heavy (non-hydrogen) atoms. The second-order valence-corrected chi connectivity index (χ2v) is 5.46. The predicted octanol–water partition coefficient (Wildman–Crippen LogP) is 1.67. The van der Waals surface area contributed by atoms with Gasteiger partial charge in [0.2, 0.25) is 0 Å². The molecular formula is C17H19N3O2. The summed E-state index contributed by atoms with van der Waals surface area (Å²) < 4.78 is 1.36. The van der Waals surface area contributed by atoms with Gasteiger partial charge in [0.1, 0.15) is 5.69 Å². The standard InChI is InChI=1S/C17H19N3O2/c1-20-15(8-3-9-16(20)21)17(22)19-11-12-5-2-7-14-13(12)6-4-10-18-14/h2-3,5,7-9,18H,4,6,10-11H2,1H3,(H,19,22). The van der Waals surface area contributed by atoms with E-state index in [9.17, 15) is 9.59 Å². The molecule has 114 valence electrons. The van der Waals surface area contributed by atoms with Gasteiger partial charge in [-0.05, 0) is 36.1 Å². The van der Waals surface area contributed by atoms with Gasteiger partial charge in [-0.15, -0.1) is 0 Å². The third-order valence-electron chi connectivity index (χ3n) is 4.05. The molecule has 2 heterocycles. The first-order valence-corrected chi connectivity index (χ1v) is 7.45. The molecule has 0 saturated heterocycles. The topological polar surface area (TPSA) is 63.1 Å². The van der Waals surface area contributed by atoms with Crippen LogP contribution < -0.4 is 16.2 Å². The molecule has 5 heteroatoms. The first-order valence-electron chi connectivity index (χ1n) is 7.45. The fourth-order valence-corrected chi connectivity index (χ4v) is 2.81. The van der Waals surface area contributed by atoms with E-state index in [-0.39, 0.29) is 11.5 Å². The number of pyridine rings is 1. The van der Waals surface area contributed by atoms with Gasteiger partial charge in [-0.1, -0.05) is 18.2 Å². The van der Waals surface area contributed by atoms with E-state index >= 15 is 0 Å². The monoisotopic (exact) mass is 297 g/mol.